The summed E-state index contributed by atoms with van der Waals surface area (Å²) in [5.41, 5.74) is 5.69. The minimum Gasteiger partial charge on any atom is -0.476 e. The molecule has 0 spiro atoms. The van der Waals surface area contributed by atoms with Gasteiger partial charge in [-0.15, -0.1) is 10.2 Å². The minimum atomic E-state index is -1.24. The first-order chi connectivity index (χ1) is 10.1. The van der Waals surface area contributed by atoms with Crippen LogP contribution < -0.4 is 5.73 Å². The second-order valence-corrected chi connectivity index (χ2v) is 4.23. The number of benzene rings is 1. The van der Waals surface area contributed by atoms with Crippen molar-refractivity contribution in [1.82, 2.24) is 20.0 Å². The minimum absolute atomic E-state index is 0.0345. The molecule has 0 radical (unpaired) electrons. The van der Waals surface area contributed by atoms with Crippen molar-refractivity contribution in [2.24, 2.45) is 5.73 Å². The summed E-state index contributed by atoms with van der Waals surface area (Å²) in [7, 11) is 0. The lowest BCUT2D eigenvalue weighted by Gasteiger charge is -2.08. The van der Waals surface area contributed by atoms with Crippen LogP contribution >= 0.6 is 0 Å². The van der Waals surface area contributed by atoms with Crippen molar-refractivity contribution in [3.05, 3.63) is 47.9 Å². The van der Waals surface area contributed by atoms with Gasteiger partial charge in [0.15, 0.2) is 5.69 Å². The monoisotopic (exact) mass is 283 g/mol. The molecule has 104 valence electrons. The van der Waals surface area contributed by atoms with Gasteiger partial charge in [-0.3, -0.25) is 4.79 Å². The summed E-state index contributed by atoms with van der Waals surface area (Å²) in [6, 6.07) is 8.33. The van der Waals surface area contributed by atoms with Crippen LogP contribution in [0.1, 0.15) is 21.0 Å². The van der Waals surface area contributed by atoms with E-state index in [1.165, 1.54) is 16.9 Å². The van der Waals surface area contributed by atoms with Gasteiger partial charge in [-0.2, -0.15) is 5.10 Å². The van der Waals surface area contributed by atoms with E-state index < -0.39 is 11.9 Å². The van der Waals surface area contributed by atoms with Crippen molar-refractivity contribution in [3.8, 4) is 5.69 Å². The first kappa shape index (κ1) is 12.7. The maximum Gasteiger partial charge on any atom is 0.358 e. The SMILES string of the molecule is NC(=O)c1ccn(-c2c(C(=O)O)nnc3ccccc23)n1. The zero-order valence-corrected chi connectivity index (χ0v) is 10.6. The van der Waals surface area contributed by atoms with Gasteiger partial charge in [-0.25, -0.2) is 9.48 Å². The first-order valence-corrected chi connectivity index (χ1v) is 5.92. The Morgan fingerprint density at radius 1 is 1.14 bits per heavy atom. The molecule has 3 rings (SSSR count). The first-order valence-electron chi connectivity index (χ1n) is 5.92. The van der Waals surface area contributed by atoms with Crippen molar-refractivity contribution in [2.75, 3.05) is 0 Å². The number of carbonyl (C=O) groups excluding carboxylic acids is 1. The Balaban J connectivity index is 2.34. The molecule has 0 fully saturated rings. The number of hydrogen-bond donors (Lipinski definition) is 2. The van der Waals surface area contributed by atoms with Crippen LogP contribution in [0.25, 0.3) is 16.6 Å². The number of aromatic nitrogens is 4. The Kier molecular flexibility index (Phi) is 2.83. The number of carbonyl (C=O) groups is 2. The highest BCUT2D eigenvalue weighted by molar-refractivity contribution is 5.98. The molecule has 0 aliphatic carbocycles. The lowest BCUT2D eigenvalue weighted by atomic mass is 10.1. The highest BCUT2D eigenvalue weighted by atomic mass is 16.4. The number of hydrogen-bond acceptors (Lipinski definition) is 5. The van der Waals surface area contributed by atoms with Gasteiger partial charge in [0.05, 0.1) is 5.52 Å². The van der Waals surface area contributed by atoms with Gasteiger partial charge in [-0.05, 0) is 12.1 Å². The Labute approximate surface area is 117 Å². The second kappa shape index (κ2) is 4.67. The maximum absolute atomic E-state index is 11.3. The molecule has 21 heavy (non-hydrogen) atoms. The number of fused-ring (bicyclic) bond motifs is 1. The molecule has 1 aromatic carbocycles. The predicted molar refractivity (Wildman–Crippen MR) is 72.1 cm³/mol. The summed E-state index contributed by atoms with van der Waals surface area (Å²) in [6.45, 7) is 0. The number of nitrogens with two attached hydrogens (primary N) is 1. The van der Waals surface area contributed by atoms with E-state index in [0.29, 0.717) is 10.9 Å². The molecule has 0 aliphatic rings. The average molecular weight is 283 g/mol. The molecule has 0 aliphatic heterocycles. The lowest BCUT2D eigenvalue weighted by Crippen LogP contribution is -2.14. The molecule has 3 N–H and O–H groups in total. The topological polar surface area (TPSA) is 124 Å². The quantitative estimate of drug-likeness (QED) is 0.725. The fourth-order valence-electron chi connectivity index (χ4n) is 2.00. The van der Waals surface area contributed by atoms with Gasteiger partial charge in [-0.1, -0.05) is 18.2 Å². The van der Waals surface area contributed by atoms with Gasteiger partial charge in [0, 0.05) is 11.6 Å². The normalized spacial score (nSPS) is 10.7. The number of rotatable bonds is 3. The molecule has 0 bridgehead atoms. The Morgan fingerprint density at radius 3 is 2.57 bits per heavy atom. The fraction of sp³-hybridized carbons (Fsp3) is 0. The van der Waals surface area contributed by atoms with E-state index in [9.17, 15) is 14.7 Å². The molecular weight excluding hydrogens is 274 g/mol. The van der Waals surface area contributed by atoms with E-state index in [-0.39, 0.29) is 17.1 Å². The number of amides is 1. The van der Waals surface area contributed by atoms with Gasteiger partial charge in [0.1, 0.15) is 11.4 Å². The van der Waals surface area contributed by atoms with Crippen LogP contribution in [0.4, 0.5) is 0 Å². The zero-order valence-electron chi connectivity index (χ0n) is 10.6. The number of carboxylic acid groups (broad SMARTS) is 1. The van der Waals surface area contributed by atoms with E-state index in [1.807, 2.05) is 0 Å². The predicted octanol–water partition coefficient (Wildman–Crippen LogP) is 0.613. The molecule has 0 unspecified atom stereocenters. The molecule has 1 amide bonds. The van der Waals surface area contributed by atoms with Crippen molar-refractivity contribution in [3.63, 3.8) is 0 Å². The third-order valence-electron chi connectivity index (χ3n) is 2.91. The molecule has 3 aromatic rings. The molecule has 8 heteroatoms. The van der Waals surface area contributed by atoms with E-state index in [1.54, 1.807) is 24.3 Å². The summed E-state index contributed by atoms with van der Waals surface area (Å²) >= 11 is 0. The fourth-order valence-corrected chi connectivity index (χ4v) is 2.00. The Morgan fingerprint density at radius 2 is 1.90 bits per heavy atom. The molecule has 2 aromatic heterocycles. The third-order valence-corrected chi connectivity index (χ3v) is 2.91. The van der Waals surface area contributed by atoms with Crippen LogP contribution in [-0.2, 0) is 0 Å². The van der Waals surface area contributed by atoms with Crippen LogP contribution in [0.2, 0.25) is 0 Å². The van der Waals surface area contributed by atoms with Gasteiger partial charge in [0.2, 0.25) is 0 Å². The molecule has 0 saturated carbocycles. The highest BCUT2D eigenvalue weighted by Crippen LogP contribution is 2.22. The molecule has 0 atom stereocenters. The van der Waals surface area contributed by atoms with E-state index in [0.717, 1.165) is 0 Å². The summed E-state index contributed by atoms with van der Waals surface area (Å²) in [5, 5.41) is 21.4. The Hall–Kier alpha value is -3.29. The summed E-state index contributed by atoms with van der Waals surface area (Å²) in [5.74, 6) is -1.93. The van der Waals surface area contributed by atoms with Gasteiger partial charge < -0.3 is 10.8 Å². The maximum atomic E-state index is 11.3. The highest BCUT2D eigenvalue weighted by Gasteiger charge is 2.19. The van der Waals surface area contributed by atoms with Crippen molar-refractivity contribution < 1.29 is 14.7 Å². The standard InChI is InChI=1S/C13H9N5O3/c14-12(19)9-5-6-18(17-9)11-7-3-1-2-4-8(7)15-16-10(11)13(20)21/h1-6H,(H2,14,19)(H,20,21). The van der Waals surface area contributed by atoms with Crippen molar-refractivity contribution in [1.29, 1.82) is 0 Å². The van der Waals surface area contributed by atoms with Gasteiger partial charge >= 0.3 is 5.97 Å². The van der Waals surface area contributed by atoms with E-state index >= 15 is 0 Å². The van der Waals surface area contributed by atoms with E-state index in [2.05, 4.69) is 15.3 Å². The van der Waals surface area contributed by atoms with Crippen LogP contribution in [0.15, 0.2) is 36.5 Å². The van der Waals surface area contributed by atoms with Gasteiger partial charge in [0.25, 0.3) is 5.91 Å². The molecule has 0 saturated heterocycles. The summed E-state index contributed by atoms with van der Waals surface area (Å²) in [4.78, 5) is 22.5. The average Bonchev–Trinajstić information content (AvgIpc) is 2.95. The lowest BCUT2D eigenvalue weighted by molar-refractivity contribution is 0.0689. The molecular formula is C13H9N5O3. The number of aromatic carboxylic acids is 1. The van der Waals surface area contributed by atoms with Crippen LogP contribution in [0, 0.1) is 0 Å². The van der Waals surface area contributed by atoms with Crippen molar-refractivity contribution >= 4 is 22.8 Å². The summed E-state index contributed by atoms with van der Waals surface area (Å²) in [6.07, 6.45) is 1.45. The van der Waals surface area contributed by atoms with Crippen molar-refractivity contribution in [2.45, 2.75) is 0 Å². The van der Waals surface area contributed by atoms with Crippen LogP contribution in [0.5, 0.6) is 0 Å². The number of nitrogens with zero attached hydrogens (tertiary/aromatic N) is 4. The van der Waals surface area contributed by atoms with Crippen LogP contribution in [-0.4, -0.2) is 37.0 Å². The summed E-state index contributed by atoms with van der Waals surface area (Å²) < 4.78 is 1.26. The second-order valence-electron chi connectivity index (χ2n) is 4.23. The van der Waals surface area contributed by atoms with Crippen LogP contribution in [0.3, 0.4) is 0 Å². The molecule has 2 heterocycles. The smallest absolute Gasteiger partial charge is 0.358 e. The molecule has 8 nitrogen and oxygen atoms in total. The number of primary amides is 1. The largest absolute Gasteiger partial charge is 0.476 e. The third kappa shape index (κ3) is 2.08. The number of carboxylic acids is 1. The zero-order chi connectivity index (χ0) is 15.0. The Bertz CT molecular complexity index is 871. The van der Waals surface area contributed by atoms with E-state index in [4.69, 9.17) is 5.73 Å².